The van der Waals surface area contributed by atoms with Crippen molar-refractivity contribution in [3.8, 4) is 62.1 Å². The fourth-order valence-electron chi connectivity index (χ4n) is 8.02. The van der Waals surface area contributed by atoms with E-state index in [2.05, 4.69) is 128 Å². The summed E-state index contributed by atoms with van der Waals surface area (Å²) in [4.78, 5) is 15.0. The third-order valence-electron chi connectivity index (χ3n) is 10.6. The van der Waals surface area contributed by atoms with Crippen LogP contribution in [0.5, 0.6) is 0 Å². The number of fused-ring (bicyclic) bond motifs is 6. The minimum absolute atomic E-state index is 0.120. The average Bonchev–Trinajstić information content (AvgIpc) is 3.65. The number of benzene rings is 7. The van der Waals surface area contributed by atoms with Gasteiger partial charge >= 0.3 is 0 Å². The molecule has 0 aliphatic heterocycles. The maximum absolute atomic E-state index is 5.05. The largest absolute Gasteiger partial charge is 0.309 e. The van der Waals surface area contributed by atoms with Crippen LogP contribution in [0.1, 0.15) is 25.0 Å². The lowest BCUT2D eigenvalue weighted by molar-refractivity contribution is 0.661. The lowest BCUT2D eigenvalue weighted by Crippen LogP contribution is -2.14. The molecule has 1 aliphatic rings. The van der Waals surface area contributed by atoms with Crippen molar-refractivity contribution in [2.24, 2.45) is 0 Å². The van der Waals surface area contributed by atoms with Crippen molar-refractivity contribution >= 4 is 21.8 Å². The molecule has 10 rings (SSSR count). The Hall–Kier alpha value is -6.65. The minimum atomic E-state index is -0.120. The summed E-state index contributed by atoms with van der Waals surface area (Å²) in [5.41, 5.74) is 13.9. The molecule has 0 bridgehead atoms. The third kappa shape index (κ3) is 4.79. The Morgan fingerprint density at radius 2 is 0.942 bits per heavy atom. The van der Waals surface area contributed by atoms with Gasteiger partial charge in [0.15, 0.2) is 17.5 Å². The highest BCUT2D eigenvalue weighted by atomic mass is 15.0. The molecular weight excluding hydrogens is 633 g/mol. The summed E-state index contributed by atoms with van der Waals surface area (Å²) in [6.07, 6.45) is 0. The van der Waals surface area contributed by atoms with Gasteiger partial charge in [0.2, 0.25) is 0 Å². The predicted octanol–water partition coefficient (Wildman–Crippen LogP) is 11.9. The van der Waals surface area contributed by atoms with Crippen molar-refractivity contribution < 1.29 is 0 Å². The Balaban J connectivity index is 1.21. The maximum atomic E-state index is 5.05. The Labute approximate surface area is 302 Å². The molecule has 7 aromatic carbocycles. The van der Waals surface area contributed by atoms with Crippen LogP contribution in [-0.2, 0) is 5.41 Å². The molecule has 0 N–H and O–H groups in total. The molecule has 52 heavy (non-hydrogen) atoms. The van der Waals surface area contributed by atoms with Crippen LogP contribution < -0.4 is 0 Å². The van der Waals surface area contributed by atoms with Gasteiger partial charge in [-0.25, -0.2) is 15.0 Å². The number of hydrogen-bond donors (Lipinski definition) is 0. The van der Waals surface area contributed by atoms with Crippen molar-refractivity contribution in [2.45, 2.75) is 19.3 Å². The molecule has 0 saturated carbocycles. The summed E-state index contributed by atoms with van der Waals surface area (Å²) in [7, 11) is 0. The molecule has 9 aromatic rings. The van der Waals surface area contributed by atoms with E-state index in [0.29, 0.717) is 17.5 Å². The van der Waals surface area contributed by atoms with E-state index in [4.69, 9.17) is 15.0 Å². The number of hydrogen-bond acceptors (Lipinski definition) is 3. The first kappa shape index (κ1) is 30.2. The predicted molar refractivity (Wildman–Crippen MR) is 213 cm³/mol. The molecule has 0 unspecified atom stereocenters. The summed E-state index contributed by atoms with van der Waals surface area (Å²) < 4.78 is 2.42. The standard InChI is InChI=1S/C48H34N4/c1-48(2)41-24-13-12-23-37(41)38-29-40-39-28-34(31-15-6-3-7-16-31)25-26-43(39)52(44(40)30-42(38)48)36-22-14-21-35(27-36)47-50-45(32-17-8-4-9-18-32)49-46(51-47)33-19-10-5-11-20-33/h3-30H,1-2H3. The summed E-state index contributed by atoms with van der Waals surface area (Å²) in [6.45, 7) is 4.69. The molecular formula is C48H34N4. The molecule has 4 heteroatoms. The van der Waals surface area contributed by atoms with Gasteiger partial charge in [-0.1, -0.05) is 147 Å². The van der Waals surface area contributed by atoms with Gasteiger partial charge in [-0.05, 0) is 69.8 Å². The Morgan fingerprint density at radius 1 is 0.385 bits per heavy atom. The van der Waals surface area contributed by atoms with Gasteiger partial charge in [-0.15, -0.1) is 0 Å². The van der Waals surface area contributed by atoms with E-state index in [-0.39, 0.29) is 5.41 Å². The molecule has 0 radical (unpaired) electrons. The number of rotatable bonds is 5. The van der Waals surface area contributed by atoms with Crippen LogP contribution in [0.3, 0.4) is 0 Å². The topological polar surface area (TPSA) is 43.6 Å². The van der Waals surface area contributed by atoms with Crippen molar-refractivity contribution in [3.63, 3.8) is 0 Å². The van der Waals surface area contributed by atoms with Gasteiger partial charge < -0.3 is 4.57 Å². The maximum Gasteiger partial charge on any atom is 0.164 e. The second kappa shape index (κ2) is 11.7. The molecule has 0 spiro atoms. The van der Waals surface area contributed by atoms with Gasteiger partial charge in [-0.3, -0.25) is 0 Å². The van der Waals surface area contributed by atoms with Gasteiger partial charge in [0.1, 0.15) is 0 Å². The van der Waals surface area contributed by atoms with Gasteiger partial charge in [0, 0.05) is 38.6 Å². The smallest absolute Gasteiger partial charge is 0.164 e. The quantitative estimate of drug-likeness (QED) is 0.184. The number of nitrogens with zero attached hydrogens (tertiary/aromatic N) is 4. The molecule has 246 valence electrons. The van der Waals surface area contributed by atoms with E-state index >= 15 is 0 Å². The summed E-state index contributed by atoms with van der Waals surface area (Å²) in [5.74, 6) is 1.94. The summed E-state index contributed by atoms with van der Waals surface area (Å²) >= 11 is 0. The Bertz CT molecular complexity index is 2740. The fourth-order valence-corrected chi connectivity index (χ4v) is 8.02. The van der Waals surface area contributed by atoms with E-state index < -0.39 is 0 Å². The second-order valence-electron chi connectivity index (χ2n) is 14.1. The molecule has 2 aromatic heterocycles. The molecule has 0 fully saturated rings. The number of aromatic nitrogens is 4. The minimum Gasteiger partial charge on any atom is -0.309 e. The van der Waals surface area contributed by atoms with E-state index in [1.807, 2.05) is 60.7 Å². The zero-order chi connectivity index (χ0) is 34.8. The highest BCUT2D eigenvalue weighted by Crippen LogP contribution is 2.51. The van der Waals surface area contributed by atoms with Gasteiger partial charge in [0.05, 0.1) is 11.0 Å². The highest BCUT2D eigenvalue weighted by Gasteiger charge is 2.36. The molecule has 1 aliphatic carbocycles. The van der Waals surface area contributed by atoms with Crippen LogP contribution in [0.2, 0.25) is 0 Å². The molecule has 0 atom stereocenters. The lowest BCUT2D eigenvalue weighted by Gasteiger charge is -2.21. The average molecular weight is 667 g/mol. The first-order valence-electron chi connectivity index (χ1n) is 17.8. The van der Waals surface area contributed by atoms with E-state index in [1.54, 1.807) is 0 Å². The zero-order valence-electron chi connectivity index (χ0n) is 29.0. The third-order valence-corrected chi connectivity index (χ3v) is 10.6. The van der Waals surface area contributed by atoms with Crippen LogP contribution in [0.25, 0.3) is 83.9 Å². The monoisotopic (exact) mass is 666 g/mol. The zero-order valence-corrected chi connectivity index (χ0v) is 29.0. The lowest BCUT2D eigenvalue weighted by atomic mass is 9.82. The van der Waals surface area contributed by atoms with E-state index in [0.717, 1.165) is 27.9 Å². The van der Waals surface area contributed by atoms with Crippen molar-refractivity contribution in [2.75, 3.05) is 0 Å². The van der Waals surface area contributed by atoms with Crippen molar-refractivity contribution in [1.29, 1.82) is 0 Å². The summed E-state index contributed by atoms with van der Waals surface area (Å²) in [6, 6.07) is 60.2. The van der Waals surface area contributed by atoms with Crippen LogP contribution in [0.15, 0.2) is 170 Å². The molecule has 0 saturated heterocycles. The van der Waals surface area contributed by atoms with Gasteiger partial charge in [0.25, 0.3) is 0 Å². The van der Waals surface area contributed by atoms with Crippen LogP contribution in [0.4, 0.5) is 0 Å². The van der Waals surface area contributed by atoms with Gasteiger partial charge in [-0.2, -0.15) is 0 Å². The Morgan fingerprint density at radius 3 is 1.62 bits per heavy atom. The van der Waals surface area contributed by atoms with Crippen molar-refractivity contribution in [1.82, 2.24) is 19.5 Å². The molecule has 4 nitrogen and oxygen atoms in total. The van der Waals surface area contributed by atoms with Crippen molar-refractivity contribution in [3.05, 3.63) is 181 Å². The molecule has 0 amide bonds. The normalized spacial score (nSPS) is 13.0. The van der Waals surface area contributed by atoms with Crippen LogP contribution in [-0.4, -0.2) is 19.5 Å². The fraction of sp³-hybridized carbons (Fsp3) is 0.0625. The first-order chi connectivity index (χ1) is 25.5. The van der Waals surface area contributed by atoms with E-state index in [9.17, 15) is 0 Å². The highest BCUT2D eigenvalue weighted by molar-refractivity contribution is 6.12. The second-order valence-corrected chi connectivity index (χ2v) is 14.1. The SMILES string of the molecule is CC1(C)c2ccccc2-c2cc3c4cc(-c5ccccc5)ccc4n(-c4cccc(-c5nc(-c6ccccc6)nc(-c6ccccc6)n5)c4)c3cc21. The summed E-state index contributed by atoms with van der Waals surface area (Å²) in [5, 5.41) is 2.46. The van der Waals surface area contributed by atoms with Crippen LogP contribution >= 0.6 is 0 Å². The first-order valence-corrected chi connectivity index (χ1v) is 17.8. The van der Waals surface area contributed by atoms with E-state index in [1.165, 1.54) is 49.7 Å². The Kier molecular flexibility index (Phi) is 6.80. The molecule has 2 heterocycles. The van der Waals surface area contributed by atoms with Crippen LogP contribution in [0, 0.1) is 0 Å².